The summed E-state index contributed by atoms with van der Waals surface area (Å²) in [6, 6.07) is 0. The first-order chi connectivity index (χ1) is 9.69. The molecule has 1 amide bonds. The minimum Gasteiger partial charge on any atom is -0.356 e. The van der Waals surface area contributed by atoms with E-state index in [0.717, 1.165) is 37.4 Å². The van der Waals surface area contributed by atoms with Gasteiger partial charge in [-0.05, 0) is 45.2 Å². The van der Waals surface area contributed by atoms with Crippen LogP contribution < -0.4 is 10.6 Å². The van der Waals surface area contributed by atoms with Gasteiger partial charge in [0.05, 0.1) is 10.7 Å². The highest BCUT2D eigenvalue weighted by atomic mass is 35.5. The van der Waals surface area contributed by atoms with E-state index >= 15 is 0 Å². The number of nitrogens with one attached hydrogen (secondary N) is 2. The van der Waals surface area contributed by atoms with Gasteiger partial charge in [0.1, 0.15) is 0 Å². The summed E-state index contributed by atoms with van der Waals surface area (Å²) < 4.78 is 0. The first kappa shape index (κ1) is 21.6. The van der Waals surface area contributed by atoms with Crippen LogP contribution in [-0.2, 0) is 17.6 Å². The lowest BCUT2D eigenvalue weighted by Gasteiger charge is -2.08. The zero-order valence-corrected chi connectivity index (χ0v) is 15.8. The summed E-state index contributed by atoms with van der Waals surface area (Å²) in [4.78, 5) is 17.7. The Bertz CT molecular complexity index is 448. The zero-order valence-electron chi connectivity index (χ0n) is 13.3. The van der Waals surface area contributed by atoms with Crippen molar-refractivity contribution < 1.29 is 4.79 Å². The highest BCUT2D eigenvalue weighted by Gasteiger charge is 2.15. The van der Waals surface area contributed by atoms with Crippen LogP contribution in [0, 0.1) is 12.8 Å². The van der Waals surface area contributed by atoms with Gasteiger partial charge in [0.25, 0.3) is 0 Å². The topological polar surface area (TPSA) is 54.0 Å². The fourth-order valence-electron chi connectivity index (χ4n) is 2.62. The molecular weight excluding hydrogens is 341 g/mol. The van der Waals surface area contributed by atoms with E-state index in [1.165, 1.54) is 17.0 Å². The van der Waals surface area contributed by atoms with E-state index in [9.17, 15) is 4.79 Å². The van der Waals surface area contributed by atoms with Crippen LogP contribution >= 0.6 is 36.2 Å². The van der Waals surface area contributed by atoms with Crippen LogP contribution in [0.1, 0.15) is 41.8 Å². The van der Waals surface area contributed by atoms with E-state index in [-0.39, 0.29) is 30.7 Å². The maximum atomic E-state index is 11.8. The highest BCUT2D eigenvalue weighted by molar-refractivity contribution is 7.11. The lowest BCUT2D eigenvalue weighted by atomic mass is 10.0. The molecule has 1 fully saturated rings. The number of halogens is 2. The second kappa shape index (κ2) is 11.2. The summed E-state index contributed by atoms with van der Waals surface area (Å²) >= 11 is 1.75. The molecule has 0 aromatic carbocycles. The fraction of sp³-hybridized carbons (Fsp3) is 0.733. The van der Waals surface area contributed by atoms with E-state index in [2.05, 4.69) is 29.5 Å². The number of rotatable bonds is 7. The minimum atomic E-state index is 0. The van der Waals surface area contributed by atoms with Gasteiger partial charge in [0.2, 0.25) is 5.91 Å². The first-order valence-corrected chi connectivity index (χ1v) is 8.43. The Hall–Kier alpha value is -0.360. The molecule has 2 rings (SSSR count). The fourth-order valence-corrected chi connectivity index (χ4v) is 3.64. The molecule has 0 spiro atoms. The van der Waals surface area contributed by atoms with Crippen molar-refractivity contribution in [3.05, 3.63) is 15.6 Å². The Morgan fingerprint density at radius 2 is 2.23 bits per heavy atom. The van der Waals surface area contributed by atoms with Crippen LogP contribution in [0.5, 0.6) is 0 Å². The highest BCUT2D eigenvalue weighted by Crippen LogP contribution is 2.18. The summed E-state index contributed by atoms with van der Waals surface area (Å²) in [5.74, 6) is 0.871. The number of amides is 1. The normalized spacial score (nSPS) is 16.7. The van der Waals surface area contributed by atoms with Gasteiger partial charge in [-0.3, -0.25) is 4.79 Å². The standard InChI is InChI=1S/C15H25N3OS.2ClH/c1-3-13-11(2)20-15(18-13)7-9-17-14(19)5-4-12-6-8-16-10-12;;/h12,16H,3-10H2,1-2H3,(H,17,19);2*1H. The third kappa shape index (κ3) is 6.82. The minimum absolute atomic E-state index is 0. The molecule has 1 saturated heterocycles. The number of aryl methyl sites for hydroxylation is 2. The average Bonchev–Trinajstić information content (AvgIpc) is 3.06. The van der Waals surface area contributed by atoms with Crippen molar-refractivity contribution in [3.63, 3.8) is 0 Å². The second-order valence-corrected chi connectivity index (χ2v) is 6.75. The number of nitrogens with zero attached hydrogens (tertiary/aromatic N) is 1. The molecule has 0 aliphatic carbocycles. The van der Waals surface area contributed by atoms with Crippen LogP contribution in [0.4, 0.5) is 0 Å². The number of carbonyl (C=O) groups is 1. The maximum absolute atomic E-state index is 11.8. The van der Waals surface area contributed by atoms with E-state index in [4.69, 9.17) is 0 Å². The number of carbonyl (C=O) groups excluding carboxylic acids is 1. The molecule has 0 saturated carbocycles. The van der Waals surface area contributed by atoms with Crippen molar-refractivity contribution in [1.82, 2.24) is 15.6 Å². The molecule has 0 radical (unpaired) electrons. The molecule has 0 bridgehead atoms. The molecule has 4 nitrogen and oxygen atoms in total. The summed E-state index contributed by atoms with van der Waals surface area (Å²) in [7, 11) is 0. The molecule has 22 heavy (non-hydrogen) atoms. The zero-order chi connectivity index (χ0) is 14.4. The summed E-state index contributed by atoms with van der Waals surface area (Å²) in [5.41, 5.74) is 1.20. The Morgan fingerprint density at radius 1 is 1.45 bits per heavy atom. The third-order valence-corrected chi connectivity index (χ3v) is 4.95. The molecule has 1 aromatic heterocycles. The molecule has 7 heteroatoms. The number of aromatic nitrogens is 1. The van der Waals surface area contributed by atoms with Gasteiger partial charge >= 0.3 is 0 Å². The Balaban J connectivity index is 0.00000220. The van der Waals surface area contributed by atoms with Gasteiger partial charge in [0, 0.05) is 24.3 Å². The van der Waals surface area contributed by atoms with Crippen LogP contribution in [0.2, 0.25) is 0 Å². The number of hydrogen-bond donors (Lipinski definition) is 2. The quantitative estimate of drug-likeness (QED) is 0.778. The van der Waals surface area contributed by atoms with Gasteiger partial charge in [-0.1, -0.05) is 6.92 Å². The van der Waals surface area contributed by atoms with E-state index in [1.807, 2.05) is 0 Å². The molecule has 1 aromatic rings. The number of thiazole rings is 1. The van der Waals surface area contributed by atoms with Crippen molar-refractivity contribution in [1.29, 1.82) is 0 Å². The Kier molecular flexibility index (Phi) is 11.0. The van der Waals surface area contributed by atoms with Crippen LogP contribution in [0.25, 0.3) is 0 Å². The Morgan fingerprint density at radius 3 is 2.82 bits per heavy atom. The largest absolute Gasteiger partial charge is 0.356 e. The lowest BCUT2D eigenvalue weighted by Crippen LogP contribution is -2.26. The monoisotopic (exact) mass is 367 g/mol. The average molecular weight is 368 g/mol. The summed E-state index contributed by atoms with van der Waals surface area (Å²) in [6.45, 7) is 7.14. The van der Waals surface area contributed by atoms with Crippen molar-refractivity contribution in [3.8, 4) is 0 Å². The number of hydrogen-bond acceptors (Lipinski definition) is 4. The summed E-state index contributed by atoms with van der Waals surface area (Å²) in [6.07, 6.45) is 4.72. The van der Waals surface area contributed by atoms with Gasteiger partial charge in [-0.2, -0.15) is 0 Å². The van der Waals surface area contributed by atoms with Crippen molar-refractivity contribution in [2.75, 3.05) is 19.6 Å². The van der Waals surface area contributed by atoms with Gasteiger partial charge < -0.3 is 10.6 Å². The van der Waals surface area contributed by atoms with Crippen LogP contribution in [0.3, 0.4) is 0 Å². The van der Waals surface area contributed by atoms with Crippen molar-refractivity contribution in [2.45, 2.75) is 46.0 Å². The van der Waals surface area contributed by atoms with E-state index in [0.29, 0.717) is 18.9 Å². The summed E-state index contributed by atoms with van der Waals surface area (Å²) in [5, 5.41) is 7.48. The molecule has 2 heterocycles. The second-order valence-electron chi connectivity index (χ2n) is 5.46. The maximum Gasteiger partial charge on any atom is 0.220 e. The lowest BCUT2D eigenvalue weighted by molar-refractivity contribution is -0.121. The molecule has 2 N–H and O–H groups in total. The molecule has 128 valence electrons. The first-order valence-electron chi connectivity index (χ1n) is 7.61. The Labute approximate surface area is 149 Å². The van der Waals surface area contributed by atoms with E-state index in [1.54, 1.807) is 11.3 Å². The molecule has 1 aliphatic heterocycles. The van der Waals surface area contributed by atoms with Gasteiger partial charge in [0.15, 0.2) is 0 Å². The van der Waals surface area contributed by atoms with Crippen molar-refractivity contribution >= 4 is 42.1 Å². The van der Waals surface area contributed by atoms with E-state index < -0.39 is 0 Å². The van der Waals surface area contributed by atoms with Crippen LogP contribution in [0.15, 0.2) is 0 Å². The predicted octanol–water partition coefficient (Wildman–Crippen LogP) is 2.91. The smallest absolute Gasteiger partial charge is 0.220 e. The SMILES string of the molecule is CCc1nc(CCNC(=O)CCC2CCNC2)sc1C.Cl.Cl. The van der Waals surface area contributed by atoms with Crippen molar-refractivity contribution in [2.24, 2.45) is 5.92 Å². The molecule has 1 atom stereocenters. The third-order valence-electron chi connectivity index (χ3n) is 3.87. The van der Waals surface area contributed by atoms with Crippen LogP contribution in [-0.4, -0.2) is 30.5 Å². The van der Waals surface area contributed by atoms with Gasteiger partial charge in [-0.25, -0.2) is 4.98 Å². The molecular formula is C15H27Cl2N3OS. The molecule has 1 unspecified atom stereocenters. The molecule has 1 aliphatic rings. The predicted molar refractivity (Wildman–Crippen MR) is 97.6 cm³/mol. The van der Waals surface area contributed by atoms with Gasteiger partial charge in [-0.15, -0.1) is 36.2 Å².